The molecule has 2 aliphatic carbocycles. The van der Waals surface area contributed by atoms with Gasteiger partial charge in [0.25, 0.3) is 0 Å². The molecule has 1 heterocycles. The Labute approximate surface area is 97.7 Å². The predicted octanol–water partition coefficient (Wildman–Crippen LogP) is 3.01. The van der Waals surface area contributed by atoms with Gasteiger partial charge >= 0.3 is 0 Å². The minimum Gasteiger partial charge on any atom is -0.501 e. The lowest BCUT2D eigenvalue weighted by atomic mass is 9.71. The summed E-state index contributed by atoms with van der Waals surface area (Å²) in [6.07, 6.45) is 11.2. The summed E-state index contributed by atoms with van der Waals surface area (Å²) in [6, 6.07) is 0. The van der Waals surface area contributed by atoms with Crippen molar-refractivity contribution in [1.82, 2.24) is 0 Å². The van der Waals surface area contributed by atoms with Crippen LogP contribution >= 0.6 is 0 Å². The van der Waals surface area contributed by atoms with Crippen LogP contribution in [0.3, 0.4) is 0 Å². The molecule has 3 aliphatic rings. The Morgan fingerprint density at radius 2 is 2.06 bits per heavy atom. The molecule has 1 N–H and O–H groups in total. The molecule has 0 radical (unpaired) electrons. The lowest BCUT2D eigenvalue weighted by molar-refractivity contribution is 0.00266. The van der Waals surface area contributed by atoms with E-state index in [0.29, 0.717) is 0 Å². The van der Waals surface area contributed by atoms with E-state index in [4.69, 9.17) is 4.74 Å². The average molecular weight is 222 g/mol. The van der Waals surface area contributed by atoms with E-state index < -0.39 is 5.60 Å². The summed E-state index contributed by atoms with van der Waals surface area (Å²) in [7, 11) is 0. The number of rotatable bonds is 2. The Balaban J connectivity index is 1.72. The third-order valence-corrected chi connectivity index (χ3v) is 4.59. The van der Waals surface area contributed by atoms with Crippen LogP contribution in [0.1, 0.15) is 51.4 Å². The fourth-order valence-electron chi connectivity index (χ4n) is 3.46. The second kappa shape index (κ2) is 4.06. The van der Waals surface area contributed by atoms with E-state index in [1.165, 1.54) is 31.3 Å². The van der Waals surface area contributed by atoms with Gasteiger partial charge in [0.1, 0.15) is 0 Å². The van der Waals surface area contributed by atoms with Gasteiger partial charge < -0.3 is 9.84 Å². The standard InChI is InChI=1S/C14H22O2/c15-14(13-4-2-8-16-10-13)7-1-3-12(9-14)11-5-6-11/h10-12,15H,1-9H2. The first kappa shape index (κ1) is 10.6. The van der Waals surface area contributed by atoms with Gasteiger partial charge in [-0.05, 0) is 68.8 Å². The van der Waals surface area contributed by atoms with Gasteiger partial charge in [0.15, 0.2) is 0 Å². The molecule has 0 bridgehead atoms. The fourth-order valence-corrected chi connectivity index (χ4v) is 3.46. The maximum absolute atomic E-state index is 10.8. The number of aliphatic hydroxyl groups is 1. The summed E-state index contributed by atoms with van der Waals surface area (Å²) in [5.41, 5.74) is 0.649. The molecular formula is C14H22O2. The van der Waals surface area contributed by atoms with E-state index in [1.54, 1.807) is 0 Å². The molecule has 2 heteroatoms. The molecule has 16 heavy (non-hydrogen) atoms. The molecule has 3 rings (SSSR count). The highest BCUT2D eigenvalue weighted by Crippen LogP contribution is 2.49. The van der Waals surface area contributed by atoms with Crippen LogP contribution in [0.25, 0.3) is 0 Å². The highest BCUT2D eigenvalue weighted by atomic mass is 16.5. The van der Waals surface area contributed by atoms with Crippen molar-refractivity contribution in [3.05, 3.63) is 11.8 Å². The topological polar surface area (TPSA) is 29.5 Å². The van der Waals surface area contributed by atoms with Crippen LogP contribution in [-0.4, -0.2) is 17.3 Å². The first-order chi connectivity index (χ1) is 7.78. The quantitative estimate of drug-likeness (QED) is 0.778. The van der Waals surface area contributed by atoms with Crippen LogP contribution in [0.2, 0.25) is 0 Å². The van der Waals surface area contributed by atoms with Crippen molar-refractivity contribution in [2.24, 2.45) is 11.8 Å². The lowest BCUT2D eigenvalue weighted by Crippen LogP contribution is -2.38. The van der Waals surface area contributed by atoms with Crippen LogP contribution < -0.4 is 0 Å². The van der Waals surface area contributed by atoms with Crippen LogP contribution in [0.5, 0.6) is 0 Å². The molecule has 0 spiro atoms. The molecule has 2 saturated carbocycles. The zero-order chi connectivity index (χ0) is 11.0. The molecule has 1 aliphatic heterocycles. The van der Waals surface area contributed by atoms with Crippen molar-refractivity contribution in [2.45, 2.75) is 57.0 Å². The summed E-state index contributed by atoms with van der Waals surface area (Å²) in [6.45, 7) is 0.825. The van der Waals surface area contributed by atoms with E-state index >= 15 is 0 Å². The first-order valence-electron chi connectivity index (χ1n) is 6.81. The van der Waals surface area contributed by atoms with Crippen LogP contribution in [0.15, 0.2) is 11.8 Å². The van der Waals surface area contributed by atoms with Gasteiger partial charge in [-0.1, -0.05) is 0 Å². The smallest absolute Gasteiger partial charge is 0.0891 e. The van der Waals surface area contributed by atoms with E-state index in [9.17, 15) is 5.11 Å². The third kappa shape index (κ3) is 2.00. The summed E-state index contributed by atoms with van der Waals surface area (Å²) in [5, 5.41) is 10.8. The molecule has 0 amide bonds. The van der Waals surface area contributed by atoms with Crippen molar-refractivity contribution in [3.63, 3.8) is 0 Å². The first-order valence-corrected chi connectivity index (χ1v) is 6.81. The largest absolute Gasteiger partial charge is 0.501 e. The van der Waals surface area contributed by atoms with Gasteiger partial charge in [0.2, 0.25) is 0 Å². The Kier molecular flexibility index (Phi) is 2.70. The van der Waals surface area contributed by atoms with Crippen molar-refractivity contribution in [1.29, 1.82) is 0 Å². The van der Waals surface area contributed by atoms with E-state index in [1.807, 2.05) is 6.26 Å². The van der Waals surface area contributed by atoms with E-state index in [0.717, 1.165) is 44.1 Å². The molecule has 90 valence electrons. The zero-order valence-electron chi connectivity index (χ0n) is 9.95. The summed E-state index contributed by atoms with van der Waals surface area (Å²) in [5.74, 6) is 1.71. The Bertz CT molecular complexity index is 293. The minimum absolute atomic E-state index is 0.522. The van der Waals surface area contributed by atoms with Crippen LogP contribution in [-0.2, 0) is 4.74 Å². The van der Waals surface area contributed by atoms with Crippen LogP contribution in [0.4, 0.5) is 0 Å². The second-order valence-electron chi connectivity index (χ2n) is 5.84. The van der Waals surface area contributed by atoms with Crippen LogP contribution in [0, 0.1) is 11.8 Å². The normalized spacial score (nSPS) is 40.1. The molecule has 2 unspecified atom stereocenters. The minimum atomic E-state index is -0.522. The lowest BCUT2D eigenvalue weighted by Gasteiger charge is -2.39. The Morgan fingerprint density at radius 3 is 2.75 bits per heavy atom. The molecule has 0 aromatic rings. The molecule has 2 fully saturated rings. The van der Waals surface area contributed by atoms with Gasteiger partial charge in [-0.3, -0.25) is 0 Å². The monoisotopic (exact) mass is 222 g/mol. The van der Waals surface area contributed by atoms with Gasteiger partial charge in [-0.15, -0.1) is 0 Å². The Hall–Kier alpha value is -0.500. The fraction of sp³-hybridized carbons (Fsp3) is 0.857. The van der Waals surface area contributed by atoms with Crippen molar-refractivity contribution >= 4 is 0 Å². The molecule has 0 aromatic heterocycles. The maximum atomic E-state index is 10.8. The van der Waals surface area contributed by atoms with Gasteiger partial charge in [-0.2, -0.15) is 0 Å². The third-order valence-electron chi connectivity index (χ3n) is 4.59. The SMILES string of the molecule is OC1(C2=COCCC2)CCCC(C2CC2)C1. The number of hydrogen-bond acceptors (Lipinski definition) is 2. The van der Waals surface area contributed by atoms with Crippen molar-refractivity contribution < 1.29 is 9.84 Å². The number of ether oxygens (including phenoxy) is 1. The highest BCUT2D eigenvalue weighted by molar-refractivity contribution is 5.18. The predicted molar refractivity (Wildman–Crippen MR) is 62.9 cm³/mol. The zero-order valence-corrected chi connectivity index (χ0v) is 9.95. The molecule has 2 atom stereocenters. The second-order valence-corrected chi connectivity index (χ2v) is 5.84. The van der Waals surface area contributed by atoms with Gasteiger partial charge in [0, 0.05) is 0 Å². The number of hydrogen-bond donors (Lipinski definition) is 1. The highest BCUT2D eigenvalue weighted by Gasteiger charge is 2.43. The summed E-state index contributed by atoms with van der Waals surface area (Å²) in [4.78, 5) is 0. The van der Waals surface area contributed by atoms with E-state index in [-0.39, 0.29) is 0 Å². The van der Waals surface area contributed by atoms with E-state index in [2.05, 4.69) is 0 Å². The maximum Gasteiger partial charge on any atom is 0.0891 e. The average Bonchev–Trinajstić information content (AvgIpc) is 3.14. The Morgan fingerprint density at radius 1 is 1.19 bits per heavy atom. The molecule has 0 aromatic carbocycles. The molecular weight excluding hydrogens is 200 g/mol. The van der Waals surface area contributed by atoms with Gasteiger partial charge in [0.05, 0.1) is 18.5 Å². The molecule has 2 nitrogen and oxygen atoms in total. The van der Waals surface area contributed by atoms with Crippen molar-refractivity contribution in [3.8, 4) is 0 Å². The van der Waals surface area contributed by atoms with Crippen molar-refractivity contribution in [2.75, 3.05) is 6.61 Å². The summed E-state index contributed by atoms with van der Waals surface area (Å²) >= 11 is 0. The summed E-state index contributed by atoms with van der Waals surface area (Å²) < 4.78 is 5.39. The van der Waals surface area contributed by atoms with Gasteiger partial charge in [-0.25, -0.2) is 0 Å². The molecule has 0 saturated heterocycles.